The van der Waals surface area contributed by atoms with Gasteiger partial charge in [-0.3, -0.25) is 4.79 Å². The minimum absolute atomic E-state index is 0.125. The van der Waals surface area contributed by atoms with Crippen LogP contribution in [0.1, 0.15) is 51.6 Å². The quantitative estimate of drug-likeness (QED) is 0.874. The molecule has 1 aromatic rings. The van der Waals surface area contributed by atoms with E-state index in [0.717, 1.165) is 18.5 Å². The molecule has 0 saturated heterocycles. The maximum absolute atomic E-state index is 12.6. The van der Waals surface area contributed by atoms with Gasteiger partial charge in [-0.15, -0.1) is 0 Å². The van der Waals surface area contributed by atoms with E-state index in [1.54, 1.807) is 18.8 Å². The fraction of sp³-hybridized carbons (Fsp3) is 0.765. The number of rotatable bonds is 6. The number of nitrogens with zero attached hydrogens (tertiary/aromatic N) is 2. The van der Waals surface area contributed by atoms with Gasteiger partial charge in [-0.25, -0.2) is 4.68 Å². The van der Waals surface area contributed by atoms with Crippen LogP contribution in [0.15, 0.2) is 0 Å². The van der Waals surface area contributed by atoms with E-state index in [4.69, 9.17) is 9.47 Å². The van der Waals surface area contributed by atoms with E-state index in [1.165, 1.54) is 12.8 Å². The van der Waals surface area contributed by atoms with Gasteiger partial charge in [-0.1, -0.05) is 26.7 Å². The number of hydrogen-bond acceptors (Lipinski definition) is 4. The van der Waals surface area contributed by atoms with Crippen molar-refractivity contribution in [3.63, 3.8) is 0 Å². The van der Waals surface area contributed by atoms with Crippen molar-refractivity contribution < 1.29 is 14.3 Å². The van der Waals surface area contributed by atoms with Gasteiger partial charge in [0.15, 0.2) is 0 Å². The zero-order valence-corrected chi connectivity index (χ0v) is 14.9. The zero-order valence-electron chi connectivity index (χ0n) is 14.9. The summed E-state index contributed by atoms with van der Waals surface area (Å²) >= 11 is 0. The third-order valence-electron chi connectivity index (χ3n) is 4.52. The van der Waals surface area contributed by atoms with Gasteiger partial charge < -0.3 is 14.8 Å². The molecule has 1 fully saturated rings. The van der Waals surface area contributed by atoms with Crippen molar-refractivity contribution in [1.29, 1.82) is 0 Å². The Bertz CT molecular complexity index is 541. The number of ether oxygens (including phenoxy) is 2. The Labute approximate surface area is 138 Å². The first kappa shape index (κ1) is 17.8. The summed E-state index contributed by atoms with van der Waals surface area (Å²) in [5, 5.41) is 7.21. The van der Waals surface area contributed by atoms with E-state index in [-0.39, 0.29) is 12.0 Å². The van der Waals surface area contributed by atoms with Crippen LogP contribution in [0.3, 0.4) is 0 Å². The lowest BCUT2D eigenvalue weighted by Gasteiger charge is -2.29. The summed E-state index contributed by atoms with van der Waals surface area (Å²) in [4.78, 5) is 12.6. The van der Waals surface area contributed by atoms with E-state index in [1.807, 2.05) is 13.8 Å². The number of nitrogens with one attached hydrogen (secondary N) is 1. The lowest BCUT2D eigenvalue weighted by atomic mass is 9.88. The number of aryl methyl sites for hydroxylation is 2. The third kappa shape index (κ3) is 4.25. The second-order valence-corrected chi connectivity index (χ2v) is 6.51. The topological polar surface area (TPSA) is 65.4 Å². The molecule has 1 N–H and O–H groups in total. The second-order valence-electron chi connectivity index (χ2n) is 6.51. The molecule has 1 aliphatic rings. The molecule has 130 valence electrons. The smallest absolute Gasteiger partial charge is 0.253 e. The second kappa shape index (κ2) is 7.81. The molecule has 0 unspecified atom stereocenters. The monoisotopic (exact) mass is 323 g/mol. The molecule has 2 rings (SSSR count). The number of carbonyl (C=O) groups is 1. The normalized spacial score (nSPS) is 22.7. The summed E-state index contributed by atoms with van der Waals surface area (Å²) in [6, 6.07) is 0. The number of aromatic nitrogens is 2. The molecule has 0 spiro atoms. The van der Waals surface area contributed by atoms with Gasteiger partial charge in [0.1, 0.15) is 11.8 Å². The maximum Gasteiger partial charge on any atom is 0.253 e. The number of anilines is 1. The fourth-order valence-electron chi connectivity index (χ4n) is 3.30. The Morgan fingerprint density at radius 1 is 1.48 bits per heavy atom. The van der Waals surface area contributed by atoms with Crippen LogP contribution in [-0.2, 0) is 16.6 Å². The summed E-state index contributed by atoms with van der Waals surface area (Å²) < 4.78 is 13.0. The first-order valence-corrected chi connectivity index (χ1v) is 8.50. The fourth-order valence-corrected chi connectivity index (χ4v) is 3.30. The molecule has 6 nitrogen and oxygen atoms in total. The van der Waals surface area contributed by atoms with Crippen LogP contribution in [0.25, 0.3) is 0 Å². The van der Waals surface area contributed by atoms with Crippen molar-refractivity contribution in [3.05, 3.63) is 5.69 Å². The first-order chi connectivity index (χ1) is 11.0. The third-order valence-corrected chi connectivity index (χ3v) is 4.52. The molecule has 23 heavy (non-hydrogen) atoms. The van der Waals surface area contributed by atoms with E-state index in [9.17, 15) is 4.79 Å². The highest BCUT2D eigenvalue weighted by Gasteiger charge is 2.27. The molecule has 3 atom stereocenters. The molecule has 0 aliphatic heterocycles. The van der Waals surface area contributed by atoms with Crippen molar-refractivity contribution in [2.24, 2.45) is 13.0 Å². The molecule has 1 heterocycles. The average Bonchev–Trinajstić information content (AvgIpc) is 2.78. The average molecular weight is 323 g/mol. The van der Waals surface area contributed by atoms with Crippen molar-refractivity contribution in [3.8, 4) is 5.88 Å². The number of methoxy groups -OCH3 is 1. The van der Waals surface area contributed by atoms with Crippen LogP contribution < -0.4 is 10.1 Å². The van der Waals surface area contributed by atoms with Crippen molar-refractivity contribution in [2.75, 3.05) is 12.4 Å². The minimum Gasteiger partial charge on any atom is -0.480 e. The summed E-state index contributed by atoms with van der Waals surface area (Å²) in [6.07, 6.45) is 4.93. The largest absolute Gasteiger partial charge is 0.480 e. The highest BCUT2D eigenvalue weighted by Crippen LogP contribution is 2.29. The molecular weight excluding hydrogens is 294 g/mol. The van der Waals surface area contributed by atoms with Crippen molar-refractivity contribution >= 4 is 11.6 Å². The Morgan fingerprint density at radius 3 is 2.83 bits per heavy atom. The van der Waals surface area contributed by atoms with Crippen molar-refractivity contribution in [1.82, 2.24) is 9.78 Å². The van der Waals surface area contributed by atoms with Gasteiger partial charge in [0, 0.05) is 7.05 Å². The first-order valence-electron chi connectivity index (χ1n) is 8.50. The van der Waals surface area contributed by atoms with Crippen LogP contribution in [0.4, 0.5) is 5.69 Å². The number of hydrogen-bond donors (Lipinski definition) is 1. The van der Waals surface area contributed by atoms with Gasteiger partial charge in [0.2, 0.25) is 5.88 Å². The summed E-state index contributed by atoms with van der Waals surface area (Å²) in [6.45, 7) is 6.08. The molecule has 1 amide bonds. The van der Waals surface area contributed by atoms with E-state index < -0.39 is 6.10 Å². The van der Waals surface area contributed by atoms with Gasteiger partial charge in [0.05, 0.1) is 18.9 Å². The van der Waals surface area contributed by atoms with Crippen LogP contribution >= 0.6 is 0 Å². The number of carbonyl (C=O) groups excluding carboxylic acids is 1. The van der Waals surface area contributed by atoms with E-state index in [0.29, 0.717) is 23.9 Å². The van der Waals surface area contributed by atoms with Crippen LogP contribution in [0.5, 0.6) is 5.88 Å². The molecule has 1 aromatic heterocycles. The number of amides is 1. The predicted octanol–water partition coefficient (Wildman–Crippen LogP) is 3.05. The standard InChI is InChI=1S/C17H29N3O3/c1-6-14(23-13-9-7-8-11(2)10-13)16(21)18-15-12(3)19-20(4)17(15)22-5/h11,13-14H,6-10H2,1-5H3,(H,18,21)/t11-,13+,14-/m0/s1. The Kier molecular flexibility index (Phi) is 6.04. The molecule has 0 bridgehead atoms. The zero-order chi connectivity index (χ0) is 17.0. The maximum atomic E-state index is 12.6. The predicted molar refractivity (Wildman–Crippen MR) is 89.7 cm³/mol. The van der Waals surface area contributed by atoms with Crippen molar-refractivity contribution in [2.45, 2.75) is 65.1 Å². The molecule has 6 heteroatoms. The molecule has 1 saturated carbocycles. The van der Waals surface area contributed by atoms with Crippen LogP contribution in [0.2, 0.25) is 0 Å². The van der Waals surface area contributed by atoms with Gasteiger partial charge in [0.25, 0.3) is 5.91 Å². The lowest BCUT2D eigenvalue weighted by molar-refractivity contribution is -0.133. The lowest BCUT2D eigenvalue weighted by Crippen LogP contribution is -2.35. The van der Waals surface area contributed by atoms with Crippen LogP contribution in [0, 0.1) is 12.8 Å². The van der Waals surface area contributed by atoms with Gasteiger partial charge >= 0.3 is 0 Å². The highest BCUT2D eigenvalue weighted by atomic mass is 16.5. The Balaban J connectivity index is 2.03. The molecule has 0 radical (unpaired) electrons. The Hall–Kier alpha value is -1.56. The Morgan fingerprint density at radius 2 is 2.22 bits per heavy atom. The van der Waals surface area contributed by atoms with Gasteiger partial charge in [-0.2, -0.15) is 5.10 Å². The molecular formula is C17H29N3O3. The van der Waals surface area contributed by atoms with E-state index in [2.05, 4.69) is 17.3 Å². The highest BCUT2D eigenvalue weighted by molar-refractivity contribution is 5.95. The molecule has 0 aromatic carbocycles. The van der Waals surface area contributed by atoms with Crippen LogP contribution in [-0.4, -0.2) is 35.0 Å². The van der Waals surface area contributed by atoms with E-state index >= 15 is 0 Å². The summed E-state index contributed by atoms with van der Waals surface area (Å²) in [7, 11) is 3.36. The van der Waals surface area contributed by atoms with Gasteiger partial charge in [-0.05, 0) is 32.1 Å². The molecule has 1 aliphatic carbocycles. The minimum atomic E-state index is -0.436. The summed E-state index contributed by atoms with van der Waals surface area (Å²) in [5.74, 6) is 1.10. The SMILES string of the molecule is CC[C@H](O[C@@H]1CCC[C@H](C)C1)C(=O)Nc1c(C)nn(C)c1OC. The summed E-state index contributed by atoms with van der Waals surface area (Å²) in [5.41, 5.74) is 1.36.